The van der Waals surface area contributed by atoms with Crippen molar-refractivity contribution in [3.05, 3.63) is 41.9 Å². The minimum atomic E-state index is -3.39. The van der Waals surface area contributed by atoms with Crippen LogP contribution in [0.2, 0.25) is 0 Å². The van der Waals surface area contributed by atoms with E-state index in [9.17, 15) is 13.2 Å². The van der Waals surface area contributed by atoms with E-state index in [1.54, 1.807) is 29.8 Å². The summed E-state index contributed by atoms with van der Waals surface area (Å²) in [4.78, 5) is 15.5. The Labute approximate surface area is 156 Å². The maximum Gasteiger partial charge on any atom is 0.308 e. The molecule has 3 aromatic rings. The van der Waals surface area contributed by atoms with Crippen molar-refractivity contribution in [1.29, 1.82) is 0 Å². The highest BCUT2D eigenvalue weighted by Gasteiger charge is 2.15. The van der Waals surface area contributed by atoms with Gasteiger partial charge in [-0.2, -0.15) is 5.10 Å². The van der Waals surface area contributed by atoms with E-state index >= 15 is 0 Å². The zero-order chi connectivity index (χ0) is 19.8. The molecule has 142 valence electrons. The van der Waals surface area contributed by atoms with Crippen molar-refractivity contribution in [2.45, 2.75) is 20.8 Å². The molecule has 0 aliphatic carbocycles. The van der Waals surface area contributed by atoms with E-state index in [1.807, 2.05) is 13.0 Å². The van der Waals surface area contributed by atoms with E-state index in [4.69, 9.17) is 4.74 Å². The number of esters is 1. The van der Waals surface area contributed by atoms with Crippen LogP contribution in [0, 0.1) is 13.8 Å². The molecule has 10 heteroatoms. The Balaban J connectivity index is 2.01. The van der Waals surface area contributed by atoms with Gasteiger partial charge in [-0.15, -0.1) is 0 Å². The van der Waals surface area contributed by atoms with Crippen LogP contribution in [-0.4, -0.2) is 35.2 Å². The van der Waals surface area contributed by atoms with E-state index in [2.05, 4.69) is 20.1 Å². The number of aryl methyl sites for hydroxylation is 2. The van der Waals surface area contributed by atoms with E-state index in [0.29, 0.717) is 34.0 Å². The molecule has 0 saturated heterocycles. The molecule has 0 aliphatic rings. The lowest BCUT2D eigenvalue weighted by molar-refractivity contribution is -0.131. The molecule has 9 nitrogen and oxygen atoms in total. The predicted molar refractivity (Wildman–Crippen MR) is 102 cm³/mol. The second kappa shape index (κ2) is 6.88. The molecule has 0 spiro atoms. The number of nitrogens with zero attached hydrogens (tertiary/aromatic N) is 3. The molecule has 2 N–H and O–H groups in total. The summed E-state index contributed by atoms with van der Waals surface area (Å²) in [5.74, 6) is 0.468. The lowest BCUT2D eigenvalue weighted by Gasteiger charge is -2.12. The number of anilines is 3. The zero-order valence-corrected chi connectivity index (χ0v) is 16.1. The molecule has 2 heterocycles. The topological polar surface area (TPSA) is 115 Å². The number of hydrogen-bond donors (Lipinski definition) is 2. The molecule has 0 unspecified atom stereocenters. The second-order valence-electron chi connectivity index (χ2n) is 6.14. The number of fused-ring (bicyclic) bond motifs is 1. The van der Waals surface area contributed by atoms with Crippen molar-refractivity contribution in [2.75, 3.05) is 16.3 Å². The molecular weight excluding hydrogens is 370 g/mol. The summed E-state index contributed by atoms with van der Waals surface area (Å²) in [6.45, 7) is 4.94. The highest BCUT2D eigenvalue weighted by atomic mass is 32.2. The first-order chi connectivity index (χ1) is 12.6. The van der Waals surface area contributed by atoms with Crippen LogP contribution in [0.25, 0.3) is 5.52 Å². The number of nitrogens with one attached hydrogen (secondary N) is 2. The third-order valence-electron chi connectivity index (χ3n) is 3.83. The van der Waals surface area contributed by atoms with Crippen molar-refractivity contribution in [3.63, 3.8) is 0 Å². The Bertz CT molecular complexity index is 1140. The minimum Gasteiger partial charge on any atom is -0.425 e. The predicted octanol–water partition coefficient (Wildman–Crippen LogP) is 2.39. The molecule has 0 bridgehead atoms. The maximum absolute atomic E-state index is 11.5. The maximum atomic E-state index is 11.5. The number of rotatable bonds is 5. The SMILES string of the molecule is CC(=O)Oc1cn2ncnc(Nc3ccc(C)c(NS(C)(=O)=O)c3)c2c1C. The number of carbonyl (C=O) groups is 1. The van der Waals surface area contributed by atoms with Crippen LogP contribution in [0.3, 0.4) is 0 Å². The fourth-order valence-corrected chi connectivity index (χ4v) is 3.25. The number of aromatic nitrogens is 3. The number of benzene rings is 1. The van der Waals surface area contributed by atoms with Gasteiger partial charge in [0.25, 0.3) is 0 Å². The Morgan fingerprint density at radius 3 is 2.67 bits per heavy atom. The molecule has 0 atom stereocenters. The number of hydrogen-bond acceptors (Lipinski definition) is 7. The normalized spacial score (nSPS) is 11.4. The van der Waals surface area contributed by atoms with Gasteiger partial charge in [0.1, 0.15) is 11.8 Å². The Hall–Kier alpha value is -3.14. The van der Waals surface area contributed by atoms with Gasteiger partial charge >= 0.3 is 5.97 Å². The van der Waals surface area contributed by atoms with Gasteiger partial charge in [-0.05, 0) is 31.5 Å². The minimum absolute atomic E-state index is 0.398. The van der Waals surface area contributed by atoms with Crippen molar-refractivity contribution in [1.82, 2.24) is 14.6 Å². The largest absolute Gasteiger partial charge is 0.425 e. The van der Waals surface area contributed by atoms with E-state index in [-0.39, 0.29) is 0 Å². The third kappa shape index (κ3) is 4.17. The van der Waals surface area contributed by atoms with Gasteiger partial charge in [0.2, 0.25) is 10.0 Å². The van der Waals surface area contributed by atoms with E-state index < -0.39 is 16.0 Å². The number of carbonyl (C=O) groups excluding carboxylic acids is 1. The van der Waals surface area contributed by atoms with Crippen LogP contribution in [0.1, 0.15) is 18.1 Å². The lowest BCUT2D eigenvalue weighted by Crippen LogP contribution is -2.11. The first-order valence-corrected chi connectivity index (χ1v) is 9.90. The zero-order valence-electron chi connectivity index (χ0n) is 15.3. The van der Waals surface area contributed by atoms with Gasteiger partial charge in [-0.25, -0.2) is 17.9 Å². The quantitative estimate of drug-likeness (QED) is 0.644. The van der Waals surface area contributed by atoms with Gasteiger partial charge < -0.3 is 10.1 Å². The fraction of sp³-hybridized carbons (Fsp3) is 0.235. The van der Waals surface area contributed by atoms with E-state index in [1.165, 1.54) is 13.3 Å². The Kier molecular flexibility index (Phi) is 4.75. The molecule has 0 saturated carbocycles. The highest BCUT2D eigenvalue weighted by molar-refractivity contribution is 7.92. The fourth-order valence-electron chi connectivity index (χ4n) is 2.63. The number of ether oxygens (including phenoxy) is 1. The molecule has 0 aliphatic heterocycles. The molecule has 0 amide bonds. The molecule has 27 heavy (non-hydrogen) atoms. The molecule has 1 aromatic carbocycles. The summed E-state index contributed by atoms with van der Waals surface area (Å²) in [6, 6.07) is 5.29. The first kappa shape index (κ1) is 18.6. The molecule has 0 radical (unpaired) electrons. The highest BCUT2D eigenvalue weighted by Crippen LogP contribution is 2.31. The van der Waals surface area contributed by atoms with E-state index in [0.717, 1.165) is 11.8 Å². The summed E-state index contributed by atoms with van der Waals surface area (Å²) in [6.07, 6.45) is 4.07. The summed E-state index contributed by atoms with van der Waals surface area (Å²) < 4.78 is 32.3. The van der Waals surface area contributed by atoms with Crippen molar-refractivity contribution >= 4 is 38.7 Å². The third-order valence-corrected chi connectivity index (χ3v) is 4.42. The van der Waals surface area contributed by atoms with Crippen LogP contribution in [0.4, 0.5) is 17.2 Å². The average Bonchev–Trinajstić information content (AvgIpc) is 2.86. The monoisotopic (exact) mass is 389 g/mol. The van der Waals surface area contributed by atoms with Crippen LogP contribution in [0.15, 0.2) is 30.7 Å². The second-order valence-corrected chi connectivity index (χ2v) is 7.89. The molecule has 2 aromatic heterocycles. The van der Waals surface area contributed by atoms with Gasteiger partial charge in [0.05, 0.1) is 18.1 Å². The first-order valence-electron chi connectivity index (χ1n) is 8.01. The van der Waals surface area contributed by atoms with Crippen LogP contribution < -0.4 is 14.8 Å². The van der Waals surface area contributed by atoms with Crippen LogP contribution >= 0.6 is 0 Å². The molecule has 0 fully saturated rings. The lowest BCUT2D eigenvalue weighted by atomic mass is 10.2. The van der Waals surface area contributed by atoms with Crippen molar-refractivity contribution in [3.8, 4) is 5.75 Å². The van der Waals surface area contributed by atoms with Gasteiger partial charge in [0, 0.05) is 18.2 Å². The standard InChI is InChI=1S/C17H19N5O4S/c1-10-5-6-13(7-14(10)21-27(4,24)25)20-17-16-11(2)15(26-12(3)23)8-22(16)19-9-18-17/h5-9,21H,1-4H3,(H,18,19,20). The summed E-state index contributed by atoms with van der Waals surface area (Å²) in [7, 11) is -3.39. The van der Waals surface area contributed by atoms with Gasteiger partial charge in [-0.3, -0.25) is 9.52 Å². The van der Waals surface area contributed by atoms with Crippen molar-refractivity contribution < 1.29 is 17.9 Å². The van der Waals surface area contributed by atoms with Crippen molar-refractivity contribution in [2.24, 2.45) is 0 Å². The molecule has 3 rings (SSSR count). The summed E-state index contributed by atoms with van der Waals surface area (Å²) >= 11 is 0. The summed E-state index contributed by atoms with van der Waals surface area (Å²) in [5.41, 5.74) is 3.25. The van der Waals surface area contributed by atoms with Gasteiger partial charge in [0.15, 0.2) is 11.6 Å². The number of sulfonamides is 1. The average molecular weight is 389 g/mol. The van der Waals surface area contributed by atoms with Gasteiger partial charge in [-0.1, -0.05) is 6.07 Å². The van der Waals surface area contributed by atoms with Crippen LogP contribution in [-0.2, 0) is 14.8 Å². The summed E-state index contributed by atoms with van der Waals surface area (Å²) in [5, 5.41) is 7.30. The Morgan fingerprint density at radius 1 is 1.26 bits per heavy atom. The smallest absolute Gasteiger partial charge is 0.308 e. The Morgan fingerprint density at radius 2 is 2.00 bits per heavy atom. The molecular formula is C17H19N5O4S. The van der Waals surface area contributed by atoms with Crippen LogP contribution in [0.5, 0.6) is 5.75 Å².